The Morgan fingerprint density at radius 2 is 2.25 bits per heavy atom. The molecule has 1 amide bonds. The van der Waals surface area contributed by atoms with Crippen LogP contribution in [0, 0.1) is 5.92 Å². The van der Waals surface area contributed by atoms with Gasteiger partial charge in [0.25, 0.3) is 0 Å². The molecule has 0 aromatic rings. The van der Waals surface area contributed by atoms with Crippen molar-refractivity contribution >= 4 is 17.7 Å². The topological polar surface area (TPSA) is 64.3 Å². The molecule has 0 aliphatic heterocycles. The number of hydrogen-bond donors (Lipinski definition) is 2. The fourth-order valence-corrected chi connectivity index (χ4v) is 2.01. The zero-order chi connectivity index (χ0) is 12.4. The van der Waals surface area contributed by atoms with E-state index in [1.165, 1.54) is 0 Å². The van der Waals surface area contributed by atoms with E-state index in [1.807, 2.05) is 0 Å². The molecule has 0 aliphatic rings. The number of amides is 1. The van der Waals surface area contributed by atoms with Crippen LogP contribution in [0.2, 0.25) is 0 Å². The fourth-order valence-electron chi connectivity index (χ4n) is 1.33. The lowest BCUT2D eigenvalue weighted by Crippen LogP contribution is -2.42. The van der Waals surface area contributed by atoms with Crippen LogP contribution in [0.3, 0.4) is 0 Å². The summed E-state index contributed by atoms with van der Waals surface area (Å²) in [7, 11) is 1.65. The summed E-state index contributed by atoms with van der Waals surface area (Å²) >= 11 is 1.79. The first-order valence-electron chi connectivity index (χ1n) is 5.63. The smallest absolute Gasteiger partial charge is 0.236 e. The van der Waals surface area contributed by atoms with E-state index in [0.29, 0.717) is 25.5 Å². The van der Waals surface area contributed by atoms with Crippen molar-refractivity contribution < 1.29 is 9.53 Å². The Labute approximate surface area is 103 Å². The molecule has 0 heterocycles. The zero-order valence-corrected chi connectivity index (χ0v) is 11.3. The number of rotatable bonds is 9. The first-order valence-corrected chi connectivity index (χ1v) is 7.02. The van der Waals surface area contributed by atoms with Gasteiger partial charge in [-0.2, -0.15) is 11.8 Å². The highest BCUT2D eigenvalue weighted by atomic mass is 32.2. The first-order chi connectivity index (χ1) is 7.61. The van der Waals surface area contributed by atoms with Gasteiger partial charge in [0, 0.05) is 20.3 Å². The molecule has 2 unspecified atom stereocenters. The van der Waals surface area contributed by atoms with Crippen molar-refractivity contribution in [3.8, 4) is 0 Å². The molecule has 0 fully saturated rings. The molecule has 0 aliphatic carbocycles. The van der Waals surface area contributed by atoms with Gasteiger partial charge in [-0.1, -0.05) is 6.92 Å². The molecule has 0 spiro atoms. The van der Waals surface area contributed by atoms with Crippen LogP contribution in [0.25, 0.3) is 0 Å². The maximum atomic E-state index is 11.6. The van der Waals surface area contributed by atoms with Gasteiger partial charge in [-0.3, -0.25) is 4.79 Å². The van der Waals surface area contributed by atoms with E-state index in [0.717, 1.165) is 12.2 Å². The van der Waals surface area contributed by atoms with Crippen molar-refractivity contribution in [3.63, 3.8) is 0 Å². The number of ether oxygens (including phenoxy) is 1. The van der Waals surface area contributed by atoms with Crippen molar-refractivity contribution in [1.82, 2.24) is 5.32 Å². The first kappa shape index (κ1) is 15.7. The summed E-state index contributed by atoms with van der Waals surface area (Å²) in [6.07, 6.45) is 3.57. The van der Waals surface area contributed by atoms with Crippen molar-refractivity contribution in [2.75, 3.05) is 32.3 Å². The summed E-state index contributed by atoms with van der Waals surface area (Å²) in [5.74, 6) is 1.49. The maximum absolute atomic E-state index is 11.6. The lowest BCUT2D eigenvalue weighted by Gasteiger charge is -2.15. The summed E-state index contributed by atoms with van der Waals surface area (Å²) in [6, 6.07) is -0.406. The average Bonchev–Trinajstić information content (AvgIpc) is 2.26. The van der Waals surface area contributed by atoms with Crippen LogP contribution in [0.15, 0.2) is 0 Å². The minimum atomic E-state index is -0.406. The minimum absolute atomic E-state index is 0.0518. The van der Waals surface area contributed by atoms with Crippen LogP contribution < -0.4 is 11.1 Å². The molecule has 0 saturated heterocycles. The molecule has 0 aromatic carbocycles. The molecule has 0 bridgehead atoms. The molecule has 4 nitrogen and oxygen atoms in total. The largest absolute Gasteiger partial charge is 0.385 e. The zero-order valence-electron chi connectivity index (χ0n) is 10.5. The van der Waals surface area contributed by atoms with Crippen LogP contribution in [0.1, 0.15) is 19.8 Å². The monoisotopic (exact) mass is 248 g/mol. The highest BCUT2D eigenvalue weighted by Crippen LogP contribution is 2.03. The van der Waals surface area contributed by atoms with E-state index in [-0.39, 0.29) is 5.91 Å². The molecule has 0 saturated carbocycles. The van der Waals surface area contributed by atoms with E-state index in [9.17, 15) is 4.79 Å². The number of hydrogen-bond acceptors (Lipinski definition) is 4. The van der Waals surface area contributed by atoms with Gasteiger partial charge in [0.05, 0.1) is 6.04 Å². The second kappa shape index (κ2) is 9.93. The van der Waals surface area contributed by atoms with Gasteiger partial charge in [-0.05, 0) is 30.8 Å². The predicted molar refractivity (Wildman–Crippen MR) is 69.6 cm³/mol. The Kier molecular flexibility index (Phi) is 9.77. The highest BCUT2D eigenvalue weighted by Gasteiger charge is 2.13. The number of nitrogens with two attached hydrogens (primary N) is 1. The molecule has 0 radical (unpaired) electrons. The molecule has 5 heteroatoms. The van der Waals surface area contributed by atoms with E-state index in [2.05, 4.69) is 18.5 Å². The Morgan fingerprint density at radius 1 is 1.56 bits per heavy atom. The number of thioether (sulfide) groups is 1. The molecular weight excluding hydrogens is 224 g/mol. The summed E-state index contributed by atoms with van der Waals surface area (Å²) < 4.78 is 4.91. The van der Waals surface area contributed by atoms with Gasteiger partial charge in [-0.25, -0.2) is 0 Å². The quantitative estimate of drug-likeness (QED) is 0.594. The van der Waals surface area contributed by atoms with E-state index < -0.39 is 6.04 Å². The Morgan fingerprint density at radius 3 is 2.81 bits per heavy atom. The summed E-state index contributed by atoms with van der Waals surface area (Å²) in [5.41, 5.74) is 5.75. The van der Waals surface area contributed by atoms with Gasteiger partial charge in [0.2, 0.25) is 5.91 Å². The van der Waals surface area contributed by atoms with Gasteiger partial charge >= 0.3 is 0 Å². The van der Waals surface area contributed by atoms with Gasteiger partial charge in [0.1, 0.15) is 0 Å². The maximum Gasteiger partial charge on any atom is 0.236 e. The minimum Gasteiger partial charge on any atom is -0.385 e. The van der Waals surface area contributed by atoms with E-state index in [4.69, 9.17) is 10.5 Å². The average molecular weight is 248 g/mol. The highest BCUT2D eigenvalue weighted by molar-refractivity contribution is 7.98. The summed E-state index contributed by atoms with van der Waals surface area (Å²) in [5, 5.41) is 2.88. The van der Waals surface area contributed by atoms with Crippen LogP contribution in [-0.4, -0.2) is 44.2 Å². The van der Waals surface area contributed by atoms with Crippen molar-refractivity contribution in [3.05, 3.63) is 0 Å². The molecule has 0 rings (SSSR count). The van der Waals surface area contributed by atoms with Crippen molar-refractivity contribution in [2.45, 2.75) is 25.8 Å². The normalized spacial score (nSPS) is 14.5. The third kappa shape index (κ3) is 7.96. The van der Waals surface area contributed by atoms with Crippen molar-refractivity contribution in [1.29, 1.82) is 0 Å². The lowest BCUT2D eigenvalue weighted by atomic mass is 10.1. The predicted octanol–water partition coefficient (Wildman–Crippen LogP) is 0.856. The molecule has 0 aromatic heterocycles. The van der Waals surface area contributed by atoms with E-state index >= 15 is 0 Å². The number of carbonyl (C=O) groups excluding carboxylic acids is 1. The standard InChI is InChI=1S/C11H24N2O2S/c1-9(8-16-3)7-13-11(14)10(12)5-4-6-15-2/h9-10H,4-8,12H2,1-3H3,(H,13,14). The summed E-state index contributed by atoms with van der Waals surface area (Å²) in [4.78, 5) is 11.6. The Hall–Kier alpha value is -0.260. The number of carbonyl (C=O) groups is 1. The Bertz CT molecular complexity index is 191. The third-order valence-corrected chi connectivity index (χ3v) is 3.18. The van der Waals surface area contributed by atoms with E-state index in [1.54, 1.807) is 18.9 Å². The van der Waals surface area contributed by atoms with Crippen LogP contribution in [-0.2, 0) is 9.53 Å². The van der Waals surface area contributed by atoms with Crippen LogP contribution >= 0.6 is 11.8 Å². The van der Waals surface area contributed by atoms with Crippen molar-refractivity contribution in [2.24, 2.45) is 11.7 Å². The molecule has 3 N–H and O–H groups in total. The lowest BCUT2D eigenvalue weighted by molar-refractivity contribution is -0.122. The second-order valence-electron chi connectivity index (χ2n) is 4.05. The fraction of sp³-hybridized carbons (Fsp3) is 0.909. The van der Waals surface area contributed by atoms with Gasteiger partial charge in [-0.15, -0.1) is 0 Å². The number of nitrogens with one attached hydrogen (secondary N) is 1. The summed E-state index contributed by atoms with van der Waals surface area (Å²) in [6.45, 7) is 3.48. The molecule has 16 heavy (non-hydrogen) atoms. The molecule has 96 valence electrons. The van der Waals surface area contributed by atoms with Gasteiger partial charge < -0.3 is 15.8 Å². The third-order valence-electron chi connectivity index (χ3n) is 2.28. The number of methoxy groups -OCH3 is 1. The van der Waals surface area contributed by atoms with Crippen LogP contribution in [0.5, 0.6) is 0 Å². The Balaban J connectivity index is 3.62. The SMILES string of the molecule is COCCCC(N)C(=O)NCC(C)CSC. The molecular formula is C11H24N2O2S. The van der Waals surface area contributed by atoms with Gasteiger partial charge in [0.15, 0.2) is 0 Å². The van der Waals surface area contributed by atoms with Crippen LogP contribution in [0.4, 0.5) is 0 Å². The molecule has 2 atom stereocenters. The second-order valence-corrected chi connectivity index (χ2v) is 4.96.